The summed E-state index contributed by atoms with van der Waals surface area (Å²) in [6.07, 6.45) is 9.58. The lowest BCUT2D eigenvalue weighted by molar-refractivity contribution is 0.0273. The maximum Gasteiger partial charge on any atom is 0.0575 e. The summed E-state index contributed by atoms with van der Waals surface area (Å²) in [5, 5.41) is 3.54. The van der Waals surface area contributed by atoms with Crippen molar-refractivity contribution < 1.29 is 4.74 Å². The van der Waals surface area contributed by atoms with Crippen molar-refractivity contribution in [2.45, 2.75) is 63.9 Å². The Labute approximate surface area is 130 Å². The van der Waals surface area contributed by atoms with Crippen molar-refractivity contribution in [2.75, 3.05) is 19.7 Å². The van der Waals surface area contributed by atoms with Gasteiger partial charge in [-0.05, 0) is 50.3 Å². The van der Waals surface area contributed by atoms with Gasteiger partial charge < -0.3 is 10.1 Å². The largest absolute Gasteiger partial charge is 0.378 e. The first-order valence-electron chi connectivity index (χ1n) is 8.73. The standard InChI is InChI=1S/C19H31NO/c1-17(18-9-4-2-5-10-18)13-15-20-14-8-16-21-19-11-6-3-7-12-19/h2,4-5,9-10,17,19-20H,3,6-8,11-16H2,1H3. The van der Waals surface area contributed by atoms with E-state index in [1.54, 1.807) is 0 Å². The Morgan fingerprint density at radius 3 is 2.62 bits per heavy atom. The van der Waals surface area contributed by atoms with Crippen molar-refractivity contribution in [3.05, 3.63) is 35.9 Å². The van der Waals surface area contributed by atoms with Gasteiger partial charge in [-0.2, -0.15) is 0 Å². The number of hydrogen-bond acceptors (Lipinski definition) is 2. The maximum absolute atomic E-state index is 5.94. The van der Waals surface area contributed by atoms with E-state index in [1.807, 2.05) is 0 Å². The highest BCUT2D eigenvalue weighted by Gasteiger charge is 2.12. The van der Waals surface area contributed by atoms with E-state index in [9.17, 15) is 0 Å². The minimum atomic E-state index is 0.553. The predicted octanol–water partition coefficient (Wildman–Crippen LogP) is 4.51. The molecule has 0 heterocycles. The highest BCUT2D eigenvalue weighted by atomic mass is 16.5. The van der Waals surface area contributed by atoms with Gasteiger partial charge in [0.2, 0.25) is 0 Å². The molecule has 0 aliphatic heterocycles. The van der Waals surface area contributed by atoms with Crippen molar-refractivity contribution in [2.24, 2.45) is 0 Å². The molecule has 0 spiro atoms. The molecule has 2 nitrogen and oxygen atoms in total. The summed E-state index contributed by atoms with van der Waals surface area (Å²) >= 11 is 0. The van der Waals surface area contributed by atoms with Crippen LogP contribution in [0.1, 0.15) is 63.4 Å². The van der Waals surface area contributed by atoms with E-state index in [4.69, 9.17) is 4.74 Å². The second kappa shape index (κ2) is 9.97. The van der Waals surface area contributed by atoms with Crippen LogP contribution in [0.15, 0.2) is 30.3 Å². The highest BCUT2D eigenvalue weighted by molar-refractivity contribution is 5.18. The van der Waals surface area contributed by atoms with E-state index in [-0.39, 0.29) is 0 Å². The van der Waals surface area contributed by atoms with Crippen molar-refractivity contribution in [3.63, 3.8) is 0 Å². The summed E-state index contributed by atoms with van der Waals surface area (Å²) in [5.41, 5.74) is 1.44. The Morgan fingerprint density at radius 2 is 1.86 bits per heavy atom. The molecule has 1 aromatic carbocycles. The van der Waals surface area contributed by atoms with Gasteiger partial charge in [-0.3, -0.25) is 0 Å². The Kier molecular flexibility index (Phi) is 7.83. The molecule has 1 aromatic rings. The van der Waals surface area contributed by atoms with Gasteiger partial charge in [-0.25, -0.2) is 0 Å². The maximum atomic E-state index is 5.94. The molecule has 1 atom stereocenters. The molecule has 0 radical (unpaired) electrons. The monoisotopic (exact) mass is 289 g/mol. The van der Waals surface area contributed by atoms with Crippen LogP contribution in [0.2, 0.25) is 0 Å². The quantitative estimate of drug-likeness (QED) is 0.675. The van der Waals surface area contributed by atoms with Crippen molar-refractivity contribution >= 4 is 0 Å². The number of nitrogens with one attached hydrogen (secondary N) is 1. The summed E-state index contributed by atoms with van der Waals surface area (Å²) < 4.78 is 5.94. The molecule has 118 valence electrons. The van der Waals surface area contributed by atoms with Crippen molar-refractivity contribution in [1.29, 1.82) is 0 Å². The number of rotatable bonds is 9. The lowest BCUT2D eigenvalue weighted by Gasteiger charge is -2.22. The van der Waals surface area contributed by atoms with Crippen LogP contribution in [0.25, 0.3) is 0 Å². The third kappa shape index (κ3) is 6.62. The molecular weight excluding hydrogens is 258 g/mol. The van der Waals surface area contributed by atoms with E-state index in [0.29, 0.717) is 12.0 Å². The predicted molar refractivity (Wildman–Crippen MR) is 89.8 cm³/mol. The molecule has 1 N–H and O–H groups in total. The third-order valence-corrected chi connectivity index (χ3v) is 4.53. The van der Waals surface area contributed by atoms with E-state index in [0.717, 1.165) is 26.1 Å². The first-order chi connectivity index (χ1) is 10.4. The number of hydrogen-bond donors (Lipinski definition) is 1. The van der Waals surface area contributed by atoms with Gasteiger partial charge in [0.1, 0.15) is 0 Å². The molecule has 2 heteroatoms. The van der Waals surface area contributed by atoms with Crippen LogP contribution < -0.4 is 5.32 Å². The fraction of sp³-hybridized carbons (Fsp3) is 0.684. The molecular formula is C19H31NO. The first-order valence-corrected chi connectivity index (χ1v) is 8.73. The van der Waals surface area contributed by atoms with E-state index >= 15 is 0 Å². The van der Waals surface area contributed by atoms with Crippen LogP contribution in [-0.2, 0) is 4.74 Å². The SMILES string of the molecule is CC(CCNCCCOC1CCCCC1)c1ccccc1. The molecule has 1 aliphatic carbocycles. The molecule has 1 fully saturated rings. The molecule has 1 saturated carbocycles. The van der Waals surface area contributed by atoms with Crippen LogP contribution in [0.3, 0.4) is 0 Å². The van der Waals surface area contributed by atoms with Crippen LogP contribution in [0.4, 0.5) is 0 Å². The van der Waals surface area contributed by atoms with Crippen LogP contribution >= 0.6 is 0 Å². The Balaban J connectivity index is 1.45. The smallest absolute Gasteiger partial charge is 0.0575 e. The fourth-order valence-electron chi connectivity index (χ4n) is 3.07. The normalized spacial score (nSPS) is 17.8. The summed E-state index contributed by atoms with van der Waals surface area (Å²) in [5.74, 6) is 0.636. The van der Waals surface area contributed by atoms with Crippen LogP contribution in [-0.4, -0.2) is 25.8 Å². The average Bonchev–Trinajstić information content (AvgIpc) is 2.55. The number of benzene rings is 1. The molecule has 0 aromatic heterocycles. The summed E-state index contributed by atoms with van der Waals surface area (Å²) in [4.78, 5) is 0. The zero-order chi connectivity index (χ0) is 14.8. The van der Waals surface area contributed by atoms with Gasteiger partial charge in [-0.15, -0.1) is 0 Å². The second-order valence-electron chi connectivity index (χ2n) is 6.33. The third-order valence-electron chi connectivity index (χ3n) is 4.53. The first kappa shape index (κ1) is 16.5. The lowest BCUT2D eigenvalue weighted by Crippen LogP contribution is -2.22. The van der Waals surface area contributed by atoms with E-state index < -0.39 is 0 Å². The van der Waals surface area contributed by atoms with Gasteiger partial charge in [0.15, 0.2) is 0 Å². The highest BCUT2D eigenvalue weighted by Crippen LogP contribution is 2.20. The van der Waals surface area contributed by atoms with Gasteiger partial charge in [0.25, 0.3) is 0 Å². The summed E-state index contributed by atoms with van der Waals surface area (Å²) in [6, 6.07) is 10.8. The fourth-order valence-corrected chi connectivity index (χ4v) is 3.07. The van der Waals surface area contributed by atoms with Crippen molar-refractivity contribution in [1.82, 2.24) is 5.32 Å². The molecule has 1 aliphatic rings. The van der Waals surface area contributed by atoms with Gasteiger partial charge in [-0.1, -0.05) is 56.5 Å². The van der Waals surface area contributed by atoms with Gasteiger partial charge in [0.05, 0.1) is 6.10 Å². The minimum Gasteiger partial charge on any atom is -0.378 e. The Bertz CT molecular complexity index is 359. The molecule has 2 rings (SSSR count). The topological polar surface area (TPSA) is 21.3 Å². The Hall–Kier alpha value is -0.860. The van der Waals surface area contributed by atoms with Gasteiger partial charge in [0, 0.05) is 6.61 Å². The average molecular weight is 289 g/mol. The van der Waals surface area contributed by atoms with Gasteiger partial charge >= 0.3 is 0 Å². The minimum absolute atomic E-state index is 0.553. The van der Waals surface area contributed by atoms with E-state index in [2.05, 4.69) is 42.6 Å². The molecule has 1 unspecified atom stereocenters. The molecule has 0 bridgehead atoms. The van der Waals surface area contributed by atoms with E-state index in [1.165, 1.54) is 44.1 Å². The van der Waals surface area contributed by atoms with Crippen LogP contribution in [0, 0.1) is 0 Å². The zero-order valence-electron chi connectivity index (χ0n) is 13.5. The molecule has 0 saturated heterocycles. The molecule has 21 heavy (non-hydrogen) atoms. The number of ether oxygens (including phenoxy) is 1. The molecule has 0 amide bonds. The second-order valence-corrected chi connectivity index (χ2v) is 6.33. The van der Waals surface area contributed by atoms with Crippen LogP contribution in [0.5, 0.6) is 0 Å². The van der Waals surface area contributed by atoms with Crippen molar-refractivity contribution in [3.8, 4) is 0 Å². The Morgan fingerprint density at radius 1 is 1.10 bits per heavy atom. The lowest BCUT2D eigenvalue weighted by atomic mass is 9.98. The zero-order valence-corrected chi connectivity index (χ0v) is 13.5. The summed E-state index contributed by atoms with van der Waals surface area (Å²) in [6.45, 7) is 5.41. The summed E-state index contributed by atoms with van der Waals surface area (Å²) in [7, 11) is 0.